The van der Waals surface area contributed by atoms with Gasteiger partial charge in [0.25, 0.3) is 0 Å². The van der Waals surface area contributed by atoms with E-state index in [2.05, 4.69) is 13.8 Å². The number of thioether (sulfide) groups is 1. The van der Waals surface area contributed by atoms with Gasteiger partial charge in [-0.2, -0.15) is 0 Å². The van der Waals surface area contributed by atoms with E-state index in [1.54, 1.807) is 0 Å². The minimum atomic E-state index is 0.0298. The molecule has 8 heavy (non-hydrogen) atoms. The van der Waals surface area contributed by atoms with Crippen LogP contribution in [0.15, 0.2) is 0 Å². The molecule has 1 unspecified atom stereocenters. The van der Waals surface area contributed by atoms with E-state index in [4.69, 9.17) is 5.73 Å². The summed E-state index contributed by atoms with van der Waals surface area (Å²) >= 11 is 1.94. The van der Waals surface area contributed by atoms with Crippen LogP contribution in [0.4, 0.5) is 0 Å². The maximum atomic E-state index is 5.52. The Morgan fingerprint density at radius 2 is 2.38 bits per heavy atom. The van der Waals surface area contributed by atoms with Crippen LogP contribution in [0.25, 0.3) is 0 Å². The molecule has 1 nitrogen and oxygen atoms in total. The first-order valence-electron chi connectivity index (χ1n) is 2.85. The predicted octanol–water partition coefficient (Wildman–Crippen LogP) is 1.12. The molecule has 0 bridgehead atoms. The van der Waals surface area contributed by atoms with Crippen LogP contribution in [0.2, 0.25) is 4.44 Å². The van der Waals surface area contributed by atoms with E-state index >= 15 is 0 Å². The van der Waals surface area contributed by atoms with Gasteiger partial charge in [0.05, 0.1) is 0 Å². The fraction of sp³-hybridized carbons (Fsp3) is 1.00. The third-order valence-electron chi connectivity index (χ3n) is 0.698. The van der Waals surface area contributed by atoms with Gasteiger partial charge in [0.1, 0.15) is 0 Å². The van der Waals surface area contributed by atoms with Crippen molar-refractivity contribution in [2.24, 2.45) is 5.73 Å². The molecule has 0 spiro atoms. The normalized spacial score (nSPS) is 12.9. The molecule has 0 aromatic carbocycles. The first kappa shape index (κ1) is 9.11. The molecule has 1 atom stereocenters. The molecule has 0 amide bonds. The molecule has 0 aliphatic carbocycles. The summed E-state index contributed by atoms with van der Waals surface area (Å²) in [6.45, 7) is 4.33. The standard InChI is InChI=1S/C3H8NS.C2H5.Sn/c1-3(4)5-2;1-2;/h3H,2,4H2,1H3;1H2,2H3;/q;;+2. The molecule has 0 fully saturated rings. The average Bonchev–Trinajstić information content (AvgIpc) is 1.66. The Labute approximate surface area is 66.0 Å². The molecule has 0 aliphatic heterocycles. The molecule has 0 aromatic heterocycles. The fourth-order valence-corrected chi connectivity index (χ4v) is 5.89. The Morgan fingerprint density at radius 1 is 1.75 bits per heavy atom. The van der Waals surface area contributed by atoms with E-state index in [0.717, 1.165) is 0 Å². The van der Waals surface area contributed by atoms with Crippen LogP contribution in [0.3, 0.4) is 0 Å². The van der Waals surface area contributed by atoms with Gasteiger partial charge in [-0.3, -0.25) is 0 Å². The van der Waals surface area contributed by atoms with Crippen molar-refractivity contribution in [3.63, 3.8) is 0 Å². The second-order valence-corrected chi connectivity index (χ2v) is 8.90. The molecule has 0 radical (unpaired) electrons. The predicted molar refractivity (Wildman–Crippen MR) is 42.3 cm³/mol. The van der Waals surface area contributed by atoms with Crippen LogP contribution < -0.4 is 5.73 Å². The van der Waals surface area contributed by atoms with E-state index in [-0.39, 0.29) is 21.1 Å². The second-order valence-electron chi connectivity index (χ2n) is 1.62. The number of nitrogens with two attached hydrogens (primary N) is 1. The molecule has 46 valence electrons. The van der Waals surface area contributed by atoms with Crippen molar-refractivity contribution in [3.05, 3.63) is 0 Å². The van der Waals surface area contributed by atoms with Crippen LogP contribution in [0, 0.1) is 0 Å². The van der Waals surface area contributed by atoms with E-state index in [1.807, 2.05) is 11.8 Å². The van der Waals surface area contributed by atoms with Crippen molar-refractivity contribution in [1.29, 1.82) is 0 Å². The number of hydrogen-bond donors (Lipinski definition) is 1. The van der Waals surface area contributed by atoms with Gasteiger partial charge >= 0.3 is 66.1 Å². The van der Waals surface area contributed by atoms with Crippen molar-refractivity contribution in [3.8, 4) is 0 Å². The molecule has 0 heterocycles. The van der Waals surface area contributed by atoms with Crippen LogP contribution in [-0.2, 0) is 0 Å². The molecule has 0 saturated carbocycles. The SMILES string of the molecule is C[CH2][Sn+2][CH2]SC(C)N. The Hall–Kier alpha value is 1.11. The monoisotopic (exact) mass is 239 g/mol. The van der Waals surface area contributed by atoms with Gasteiger partial charge in [0.2, 0.25) is 0 Å². The molecule has 0 saturated heterocycles. The topological polar surface area (TPSA) is 26.0 Å². The first-order chi connectivity index (χ1) is 3.77. The van der Waals surface area contributed by atoms with E-state index < -0.39 is 0 Å². The maximum absolute atomic E-state index is 5.52. The third-order valence-corrected chi connectivity index (χ3v) is 6.20. The van der Waals surface area contributed by atoms with Gasteiger partial charge in [-0.1, -0.05) is 0 Å². The summed E-state index contributed by atoms with van der Waals surface area (Å²) in [6.07, 6.45) is 0. The van der Waals surface area contributed by atoms with Gasteiger partial charge in [-0.25, -0.2) is 0 Å². The summed E-state index contributed by atoms with van der Waals surface area (Å²) in [5, 5.41) is 0.363. The second kappa shape index (κ2) is 6.23. The summed E-state index contributed by atoms with van der Waals surface area (Å²) < 4.78 is 2.83. The first-order valence-corrected chi connectivity index (χ1v) is 7.93. The molecule has 0 rings (SSSR count). The quantitative estimate of drug-likeness (QED) is 0.451. The van der Waals surface area contributed by atoms with Crippen LogP contribution in [-0.4, -0.2) is 30.3 Å². The summed E-state index contributed by atoms with van der Waals surface area (Å²) in [4.78, 5) is 0. The van der Waals surface area contributed by atoms with Gasteiger partial charge < -0.3 is 0 Å². The number of rotatable bonds is 4. The van der Waals surface area contributed by atoms with E-state index in [1.165, 1.54) is 8.21 Å². The van der Waals surface area contributed by atoms with Crippen molar-refractivity contribution in [2.75, 3.05) is 3.77 Å². The zero-order valence-electron chi connectivity index (χ0n) is 5.48. The summed E-state index contributed by atoms with van der Waals surface area (Å²) in [6, 6.07) is 0. The zero-order chi connectivity index (χ0) is 6.41. The minimum absolute atomic E-state index is 0.0298. The molecular weight excluding hydrogens is 225 g/mol. The van der Waals surface area contributed by atoms with Crippen molar-refractivity contribution in [1.82, 2.24) is 0 Å². The van der Waals surface area contributed by atoms with Gasteiger partial charge in [-0.05, 0) is 0 Å². The summed E-state index contributed by atoms with van der Waals surface area (Å²) in [5.74, 6) is 0. The van der Waals surface area contributed by atoms with Gasteiger partial charge in [0, 0.05) is 0 Å². The summed E-state index contributed by atoms with van der Waals surface area (Å²) in [7, 11) is 0. The van der Waals surface area contributed by atoms with Crippen molar-refractivity contribution in [2.45, 2.75) is 23.7 Å². The van der Waals surface area contributed by atoms with Gasteiger partial charge in [0.15, 0.2) is 0 Å². The average molecular weight is 238 g/mol. The molecular formula is C5H13NSSn+2. The third kappa shape index (κ3) is 7.11. The van der Waals surface area contributed by atoms with Crippen LogP contribution in [0.1, 0.15) is 13.8 Å². The molecule has 0 aliphatic rings. The van der Waals surface area contributed by atoms with Crippen molar-refractivity contribution >= 4 is 32.9 Å². The Bertz CT molecular complexity index is 49.7. The molecule has 2 N–H and O–H groups in total. The molecule has 3 heteroatoms. The zero-order valence-corrected chi connectivity index (χ0v) is 9.15. The Balaban J connectivity index is 2.72. The van der Waals surface area contributed by atoms with Crippen LogP contribution >= 0.6 is 11.8 Å². The van der Waals surface area contributed by atoms with Crippen molar-refractivity contribution < 1.29 is 0 Å². The fourth-order valence-electron chi connectivity index (χ4n) is 0.292. The molecule has 0 aromatic rings. The van der Waals surface area contributed by atoms with E-state index in [0.29, 0.717) is 5.37 Å². The summed E-state index contributed by atoms with van der Waals surface area (Å²) in [5.41, 5.74) is 5.52. The number of hydrogen-bond acceptors (Lipinski definition) is 2. The Morgan fingerprint density at radius 3 is 2.75 bits per heavy atom. The Kier molecular flexibility index (Phi) is 7.10. The van der Waals surface area contributed by atoms with E-state index in [9.17, 15) is 0 Å². The van der Waals surface area contributed by atoms with Crippen LogP contribution in [0.5, 0.6) is 0 Å². The van der Waals surface area contributed by atoms with Gasteiger partial charge in [-0.15, -0.1) is 0 Å².